The monoisotopic (exact) mass is 437 g/mol. The van der Waals surface area contributed by atoms with Crippen LogP contribution in [0.15, 0.2) is 32.5 Å². The minimum Gasteiger partial charge on any atom is -0.491 e. The van der Waals surface area contributed by atoms with Crippen LogP contribution in [0.1, 0.15) is 18.2 Å². The Balaban J connectivity index is 2.09. The van der Waals surface area contributed by atoms with Crippen molar-refractivity contribution in [1.82, 2.24) is 0 Å². The van der Waals surface area contributed by atoms with Gasteiger partial charge in [-0.1, -0.05) is 18.5 Å². The third-order valence-corrected chi connectivity index (χ3v) is 6.04. The van der Waals surface area contributed by atoms with Gasteiger partial charge in [0.2, 0.25) is 0 Å². The highest BCUT2D eigenvalue weighted by atomic mass is 79.9. The number of ether oxygens (including phenoxy) is 1. The molecule has 0 bridgehead atoms. The lowest BCUT2D eigenvalue weighted by molar-refractivity contribution is 0.319. The van der Waals surface area contributed by atoms with Crippen molar-refractivity contribution in [2.45, 2.75) is 19.9 Å². The second-order valence-electron chi connectivity index (χ2n) is 4.18. The molecule has 0 amide bonds. The molecule has 0 saturated heterocycles. The number of hydrogen-bond acceptors (Lipinski definition) is 3. The first kappa shape index (κ1) is 16.1. The molecular formula is C14H14Br2ClNOS. The Morgan fingerprint density at radius 1 is 1.30 bits per heavy atom. The summed E-state index contributed by atoms with van der Waals surface area (Å²) in [5, 5.41) is 4.08. The number of nitrogens with one attached hydrogen (secondary N) is 1. The van der Waals surface area contributed by atoms with E-state index in [0.29, 0.717) is 11.6 Å². The number of anilines is 1. The van der Waals surface area contributed by atoms with Crippen LogP contribution in [0.5, 0.6) is 5.75 Å². The third kappa shape index (κ3) is 4.38. The molecule has 0 spiro atoms. The summed E-state index contributed by atoms with van der Waals surface area (Å²) >= 11 is 14.7. The van der Waals surface area contributed by atoms with Crippen LogP contribution in [0, 0.1) is 0 Å². The van der Waals surface area contributed by atoms with E-state index in [1.807, 2.05) is 18.2 Å². The van der Waals surface area contributed by atoms with Crippen molar-refractivity contribution in [3.05, 3.63) is 42.4 Å². The molecule has 0 fully saturated rings. The van der Waals surface area contributed by atoms with Gasteiger partial charge in [0.15, 0.2) is 0 Å². The second-order valence-corrected chi connectivity index (χ2v) is 7.92. The summed E-state index contributed by atoms with van der Waals surface area (Å²) in [7, 11) is 0. The van der Waals surface area contributed by atoms with Crippen LogP contribution in [0.4, 0.5) is 5.69 Å². The van der Waals surface area contributed by atoms with Gasteiger partial charge in [0, 0.05) is 20.9 Å². The van der Waals surface area contributed by atoms with Gasteiger partial charge in [-0.15, -0.1) is 11.3 Å². The molecule has 0 aliphatic heterocycles. The van der Waals surface area contributed by atoms with Crippen LogP contribution in [-0.4, -0.2) is 6.61 Å². The summed E-state index contributed by atoms with van der Waals surface area (Å²) in [5.74, 6) is 0.839. The highest BCUT2D eigenvalue weighted by Crippen LogP contribution is 2.34. The fourth-order valence-electron chi connectivity index (χ4n) is 1.64. The van der Waals surface area contributed by atoms with E-state index in [-0.39, 0.29) is 0 Å². The Hall–Kier alpha value is -0.230. The lowest BCUT2D eigenvalue weighted by Crippen LogP contribution is -2.02. The molecule has 108 valence electrons. The summed E-state index contributed by atoms with van der Waals surface area (Å²) < 4.78 is 7.90. The van der Waals surface area contributed by atoms with Gasteiger partial charge in [-0.3, -0.25) is 0 Å². The van der Waals surface area contributed by atoms with Gasteiger partial charge in [0.05, 0.1) is 16.1 Å². The zero-order valence-corrected chi connectivity index (χ0v) is 15.6. The maximum atomic E-state index is 6.05. The Kier molecular flexibility index (Phi) is 6.20. The van der Waals surface area contributed by atoms with Crippen molar-refractivity contribution in [2.75, 3.05) is 11.9 Å². The molecule has 0 aliphatic rings. The zero-order chi connectivity index (χ0) is 14.5. The number of thiophene rings is 1. The number of rotatable bonds is 6. The molecule has 6 heteroatoms. The van der Waals surface area contributed by atoms with E-state index in [1.54, 1.807) is 11.3 Å². The molecule has 1 aromatic heterocycles. The van der Waals surface area contributed by atoms with Crippen LogP contribution in [-0.2, 0) is 6.54 Å². The molecular weight excluding hydrogens is 425 g/mol. The van der Waals surface area contributed by atoms with Crippen molar-refractivity contribution in [3.63, 3.8) is 0 Å². The van der Waals surface area contributed by atoms with Crippen molar-refractivity contribution in [1.29, 1.82) is 0 Å². The minimum atomic E-state index is 0.699. The molecule has 0 saturated carbocycles. The van der Waals surface area contributed by atoms with E-state index >= 15 is 0 Å². The lowest BCUT2D eigenvalue weighted by atomic mass is 10.3. The van der Waals surface area contributed by atoms with Crippen molar-refractivity contribution in [3.8, 4) is 5.75 Å². The van der Waals surface area contributed by atoms with E-state index in [9.17, 15) is 0 Å². The molecule has 0 atom stereocenters. The van der Waals surface area contributed by atoms with Crippen molar-refractivity contribution < 1.29 is 4.74 Å². The Morgan fingerprint density at radius 3 is 2.75 bits per heavy atom. The van der Waals surface area contributed by atoms with Gasteiger partial charge in [-0.2, -0.15) is 0 Å². The van der Waals surface area contributed by atoms with Crippen LogP contribution in [0.3, 0.4) is 0 Å². The molecule has 20 heavy (non-hydrogen) atoms. The van der Waals surface area contributed by atoms with E-state index < -0.39 is 0 Å². The van der Waals surface area contributed by atoms with Crippen LogP contribution in [0.25, 0.3) is 0 Å². The normalized spacial score (nSPS) is 10.6. The first-order valence-electron chi connectivity index (χ1n) is 6.20. The predicted octanol–water partition coefficient (Wildman–Crippen LogP) is 6.33. The quantitative estimate of drug-likeness (QED) is 0.568. The molecule has 1 N–H and O–H groups in total. The lowest BCUT2D eigenvalue weighted by Gasteiger charge is -2.12. The molecule has 0 radical (unpaired) electrons. The van der Waals surface area contributed by atoms with Gasteiger partial charge in [0.25, 0.3) is 0 Å². The summed E-state index contributed by atoms with van der Waals surface area (Å²) in [6.07, 6.45) is 0.979. The maximum Gasteiger partial charge on any atom is 0.142 e. The van der Waals surface area contributed by atoms with Crippen LogP contribution < -0.4 is 10.1 Å². The summed E-state index contributed by atoms with van der Waals surface area (Å²) in [5.41, 5.74) is 0.923. The fourth-order valence-corrected chi connectivity index (χ4v) is 3.93. The highest BCUT2D eigenvalue weighted by molar-refractivity contribution is 9.13. The molecule has 2 nitrogen and oxygen atoms in total. The average Bonchev–Trinajstić information content (AvgIpc) is 2.74. The van der Waals surface area contributed by atoms with Crippen molar-refractivity contribution >= 4 is 60.5 Å². The van der Waals surface area contributed by atoms with Gasteiger partial charge >= 0.3 is 0 Å². The van der Waals surface area contributed by atoms with Crippen LogP contribution >= 0.6 is 54.8 Å². The first-order valence-corrected chi connectivity index (χ1v) is 8.98. The van der Waals surface area contributed by atoms with E-state index in [4.69, 9.17) is 16.3 Å². The smallest absolute Gasteiger partial charge is 0.142 e. The maximum absolute atomic E-state index is 6.05. The van der Waals surface area contributed by atoms with E-state index in [2.05, 4.69) is 50.2 Å². The van der Waals surface area contributed by atoms with Gasteiger partial charge < -0.3 is 10.1 Å². The number of hydrogen-bond donors (Lipinski definition) is 1. The summed E-state index contributed by atoms with van der Waals surface area (Å²) in [6.45, 7) is 3.52. The Labute approximate surface area is 144 Å². The molecule has 0 unspecified atom stereocenters. The molecule has 0 aliphatic carbocycles. The third-order valence-electron chi connectivity index (χ3n) is 2.55. The number of halogens is 3. The van der Waals surface area contributed by atoms with Gasteiger partial charge in [-0.05, 0) is 62.5 Å². The summed E-state index contributed by atoms with van der Waals surface area (Å²) in [6, 6.07) is 7.74. The minimum absolute atomic E-state index is 0.699. The largest absolute Gasteiger partial charge is 0.491 e. The molecule has 2 rings (SSSR count). The Bertz CT molecular complexity index is 569. The summed E-state index contributed by atoms with van der Waals surface area (Å²) in [4.78, 5) is 1.23. The zero-order valence-electron chi connectivity index (χ0n) is 10.9. The highest BCUT2D eigenvalue weighted by Gasteiger charge is 2.07. The molecule has 2 aromatic rings. The Morgan fingerprint density at radius 2 is 2.10 bits per heavy atom. The predicted molar refractivity (Wildman–Crippen MR) is 94.3 cm³/mol. The second kappa shape index (κ2) is 7.69. The SMILES string of the molecule is CCCOc1ccc(Cl)cc1NCc1cc(Br)c(Br)s1. The van der Waals surface area contributed by atoms with Gasteiger partial charge in [-0.25, -0.2) is 0 Å². The topological polar surface area (TPSA) is 21.3 Å². The average molecular weight is 440 g/mol. The molecule has 1 heterocycles. The van der Waals surface area contributed by atoms with E-state index in [1.165, 1.54) is 4.88 Å². The molecule has 1 aromatic carbocycles. The van der Waals surface area contributed by atoms with E-state index in [0.717, 1.165) is 32.7 Å². The van der Waals surface area contributed by atoms with Crippen molar-refractivity contribution in [2.24, 2.45) is 0 Å². The number of benzene rings is 1. The standard InChI is InChI=1S/C14H14Br2ClNOS/c1-2-5-19-13-4-3-9(17)6-12(13)18-8-10-7-11(15)14(16)20-10/h3-4,6-7,18H,2,5,8H2,1H3. The van der Waals surface area contributed by atoms with Gasteiger partial charge in [0.1, 0.15) is 5.75 Å². The first-order chi connectivity index (χ1) is 9.60. The van der Waals surface area contributed by atoms with Crippen LogP contribution in [0.2, 0.25) is 5.02 Å². The fraction of sp³-hybridized carbons (Fsp3) is 0.286.